The van der Waals surface area contributed by atoms with Gasteiger partial charge in [-0.25, -0.2) is 4.79 Å². The van der Waals surface area contributed by atoms with Crippen LogP contribution in [0.25, 0.3) is 10.9 Å². The van der Waals surface area contributed by atoms with Crippen LogP contribution in [0.15, 0.2) is 54.7 Å². The second kappa shape index (κ2) is 7.44. The number of rotatable bonds is 4. The topological polar surface area (TPSA) is 42.4 Å². The van der Waals surface area contributed by atoms with Crippen LogP contribution in [0, 0.1) is 0 Å². The van der Waals surface area contributed by atoms with Crippen molar-refractivity contribution in [2.45, 2.75) is 19.4 Å². The fourth-order valence-corrected chi connectivity index (χ4v) is 3.60. The average molecular weight is 367 g/mol. The molecule has 0 amide bonds. The highest BCUT2D eigenvalue weighted by molar-refractivity contribution is 6.33. The number of fused-ring (bicyclic) bond motifs is 1. The highest BCUT2D eigenvalue weighted by atomic mass is 35.5. The predicted molar refractivity (Wildman–Crippen MR) is 103 cm³/mol. The van der Waals surface area contributed by atoms with Crippen LogP contribution in [0.3, 0.4) is 0 Å². The third-order valence-corrected chi connectivity index (χ3v) is 5.04. The van der Waals surface area contributed by atoms with E-state index in [0.717, 1.165) is 25.0 Å². The Balaban J connectivity index is 1.66. The lowest BCUT2D eigenvalue weighted by molar-refractivity contribution is 0.0737. The van der Waals surface area contributed by atoms with Crippen LogP contribution in [0.1, 0.15) is 28.8 Å². The van der Waals surface area contributed by atoms with Gasteiger partial charge in [-0.05, 0) is 55.8 Å². The van der Waals surface area contributed by atoms with E-state index in [1.807, 2.05) is 24.3 Å². The van der Waals surface area contributed by atoms with Gasteiger partial charge in [0.15, 0.2) is 5.75 Å². The van der Waals surface area contributed by atoms with Gasteiger partial charge in [-0.3, -0.25) is 9.88 Å². The minimum absolute atomic E-state index is 0.347. The Hall–Kier alpha value is -2.43. The fraction of sp³-hybridized carbons (Fsp3) is 0.238. The maximum absolute atomic E-state index is 12.5. The third kappa shape index (κ3) is 3.43. The van der Waals surface area contributed by atoms with Gasteiger partial charge in [0.05, 0.1) is 10.6 Å². The summed E-state index contributed by atoms with van der Waals surface area (Å²) in [6, 6.07) is 14.7. The first kappa shape index (κ1) is 17.0. The fourth-order valence-electron chi connectivity index (χ4n) is 3.39. The molecule has 0 aliphatic carbocycles. The number of ether oxygens (including phenoxy) is 1. The third-order valence-electron chi connectivity index (χ3n) is 4.71. The van der Waals surface area contributed by atoms with Crippen molar-refractivity contribution in [1.29, 1.82) is 0 Å². The molecule has 26 heavy (non-hydrogen) atoms. The van der Waals surface area contributed by atoms with Crippen molar-refractivity contribution in [3.63, 3.8) is 0 Å². The zero-order chi connectivity index (χ0) is 17.9. The summed E-state index contributed by atoms with van der Waals surface area (Å²) >= 11 is 6.10. The summed E-state index contributed by atoms with van der Waals surface area (Å²) < 4.78 is 5.62. The van der Waals surface area contributed by atoms with E-state index < -0.39 is 5.97 Å². The Morgan fingerprint density at radius 2 is 1.88 bits per heavy atom. The summed E-state index contributed by atoms with van der Waals surface area (Å²) in [5.41, 5.74) is 2.25. The molecule has 2 heterocycles. The Labute approximate surface area is 157 Å². The number of carbonyl (C=O) groups excluding carboxylic acids is 1. The number of benzene rings is 2. The standard InChI is InChI=1S/C21H19ClN2O2/c22-18-8-2-1-6-17(18)21(25)26-19-10-9-15(14-24-12-3-4-13-24)16-7-5-11-23-20(16)19/h1-2,5-11H,3-4,12-14H2. The van der Waals surface area contributed by atoms with Gasteiger partial charge < -0.3 is 4.74 Å². The second-order valence-corrected chi connectivity index (χ2v) is 6.88. The molecule has 1 fully saturated rings. The molecule has 1 aliphatic rings. The van der Waals surface area contributed by atoms with Crippen LogP contribution in [0.5, 0.6) is 5.75 Å². The maximum Gasteiger partial charge on any atom is 0.345 e. The van der Waals surface area contributed by atoms with Crippen molar-refractivity contribution in [3.05, 3.63) is 70.9 Å². The van der Waals surface area contributed by atoms with E-state index in [2.05, 4.69) is 9.88 Å². The highest BCUT2D eigenvalue weighted by Crippen LogP contribution is 2.29. The van der Waals surface area contributed by atoms with Crippen molar-refractivity contribution in [2.75, 3.05) is 13.1 Å². The van der Waals surface area contributed by atoms with Crippen molar-refractivity contribution < 1.29 is 9.53 Å². The summed E-state index contributed by atoms with van der Waals surface area (Å²) in [4.78, 5) is 19.4. The van der Waals surface area contributed by atoms with Crippen molar-refractivity contribution in [3.8, 4) is 5.75 Å². The van der Waals surface area contributed by atoms with Crippen molar-refractivity contribution in [2.24, 2.45) is 0 Å². The number of nitrogens with zero attached hydrogens (tertiary/aromatic N) is 2. The van der Waals surface area contributed by atoms with Gasteiger partial charge in [0.2, 0.25) is 0 Å². The monoisotopic (exact) mass is 366 g/mol. The number of aromatic nitrogens is 1. The van der Waals surface area contributed by atoms with Crippen LogP contribution < -0.4 is 4.74 Å². The SMILES string of the molecule is O=C(Oc1ccc(CN2CCCC2)c2cccnc12)c1ccccc1Cl. The zero-order valence-electron chi connectivity index (χ0n) is 14.3. The van der Waals surface area contributed by atoms with Crippen LogP contribution in [-0.4, -0.2) is 28.9 Å². The van der Waals surface area contributed by atoms with Gasteiger partial charge in [-0.15, -0.1) is 0 Å². The number of pyridine rings is 1. The van der Waals surface area contributed by atoms with E-state index in [-0.39, 0.29) is 0 Å². The lowest BCUT2D eigenvalue weighted by Crippen LogP contribution is -2.18. The number of likely N-dealkylation sites (tertiary alicyclic amines) is 1. The molecule has 0 radical (unpaired) electrons. The molecule has 0 unspecified atom stereocenters. The minimum Gasteiger partial charge on any atom is -0.421 e. The summed E-state index contributed by atoms with van der Waals surface area (Å²) in [7, 11) is 0. The molecule has 132 valence electrons. The molecule has 0 atom stereocenters. The molecule has 4 nitrogen and oxygen atoms in total. The first-order valence-corrected chi connectivity index (χ1v) is 9.16. The molecule has 0 bridgehead atoms. The second-order valence-electron chi connectivity index (χ2n) is 6.48. The molecule has 5 heteroatoms. The zero-order valence-corrected chi connectivity index (χ0v) is 15.1. The number of hydrogen-bond acceptors (Lipinski definition) is 4. The molecule has 2 aromatic carbocycles. The number of hydrogen-bond donors (Lipinski definition) is 0. The van der Waals surface area contributed by atoms with Crippen LogP contribution in [-0.2, 0) is 6.54 Å². The van der Waals surface area contributed by atoms with Gasteiger partial charge in [-0.1, -0.05) is 35.9 Å². The summed E-state index contributed by atoms with van der Waals surface area (Å²) in [5.74, 6) is -0.0227. The number of esters is 1. The lowest BCUT2D eigenvalue weighted by Gasteiger charge is -2.17. The number of carbonyl (C=O) groups is 1. The van der Waals surface area contributed by atoms with Gasteiger partial charge in [0, 0.05) is 18.1 Å². The van der Waals surface area contributed by atoms with E-state index in [1.165, 1.54) is 18.4 Å². The Morgan fingerprint density at radius 3 is 2.69 bits per heavy atom. The van der Waals surface area contributed by atoms with E-state index in [0.29, 0.717) is 21.9 Å². The minimum atomic E-state index is -0.477. The molecule has 0 saturated carbocycles. The molecular weight excluding hydrogens is 348 g/mol. The summed E-state index contributed by atoms with van der Waals surface area (Å²) in [6.07, 6.45) is 4.22. The largest absolute Gasteiger partial charge is 0.421 e. The maximum atomic E-state index is 12.5. The highest BCUT2D eigenvalue weighted by Gasteiger charge is 2.17. The molecule has 1 aromatic heterocycles. The molecule has 4 rings (SSSR count). The van der Waals surface area contributed by atoms with Gasteiger partial charge >= 0.3 is 5.97 Å². The average Bonchev–Trinajstić information content (AvgIpc) is 3.17. The van der Waals surface area contributed by atoms with Crippen LogP contribution in [0.2, 0.25) is 5.02 Å². The Morgan fingerprint density at radius 1 is 1.08 bits per heavy atom. The van der Waals surface area contributed by atoms with Crippen molar-refractivity contribution in [1.82, 2.24) is 9.88 Å². The summed E-state index contributed by atoms with van der Waals surface area (Å²) in [5, 5.41) is 1.39. The lowest BCUT2D eigenvalue weighted by atomic mass is 10.1. The molecule has 1 aliphatic heterocycles. The van der Waals surface area contributed by atoms with E-state index in [4.69, 9.17) is 16.3 Å². The van der Waals surface area contributed by atoms with E-state index >= 15 is 0 Å². The molecule has 1 saturated heterocycles. The number of halogens is 1. The molecular formula is C21H19ClN2O2. The van der Waals surface area contributed by atoms with Gasteiger partial charge in [0.25, 0.3) is 0 Å². The predicted octanol–water partition coefficient (Wildman–Crippen LogP) is 4.70. The van der Waals surface area contributed by atoms with Crippen molar-refractivity contribution >= 4 is 28.5 Å². The molecule has 0 spiro atoms. The smallest absolute Gasteiger partial charge is 0.345 e. The van der Waals surface area contributed by atoms with Gasteiger partial charge in [-0.2, -0.15) is 0 Å². The first-order valence-electron chi connectivity index (χ1n) is 8.78. The quantitative estimate of drug-likeness (QED) is 0.495. The van der Waals surface area contributed by atoms with Gasteiger partial charge in [0.1, 0.15) is 5.52 Å². The Bertz CT molecular complexity index is 952. The Kier molecular flexibility index (Phi) is 4.87. The molecule has 0 N–H and O–H groups in total. The van der Waals surface area contributed by atoms with Crippen LogP contribution >= 0.6 is 11.6 Å². The van der Waals surface area contributed by atoms with E-state index in [1.54, 1.807) is 30.5 Å². The normalized spacial score (nSPS) is 14.7. The summed E-state index contributed by atoms with van der Waals surface area (Å²) in [6.45, 7) is 3.15. The van der Waals surface area contributed by atoms with E-state index in [9.17, 15) is 4.79 Å². The van der Waals surface area contributed by atoms with Crippen LogP contribution in [0.4, 0.5) is 0 Å². The first-order chi connectivity index (χ1) is 12.7. The molecule has 3 aromatic rings.